The third-order valence-electron chi connectivity index (χ3n) is 4.63. The van der Waals surface area contributed by atoms with E-state index >= 15 is 0 Å². The summed E-state index contributed by atoms with van der Waals surface area (Å²) < 4.78 is 2.07. The van der Waals surface area contributed by atoms with Gasteiger partial charge >= 0.3 is 0 Å². The molecule has 0 fully saturated rings. The molecule has 1 unspecified atom stereocenters. The number of nitrogens with one attached hydrogen (secondary N) is 1. The van der Waals surface area contributed by atoms with Gasteiger partial charge in [-0.25, -0.2) is 19.9 Å². The van der Waals surface area contributed by atoms with Crippen molar-refractivity contribution in [2.24, 2.45) is 5.73 Å². The Morgan fingerprint density at radius 2 is 1.93 bits per heavy atom. The van der Waals surface area contributed by atoms with Gasteiger partial charge in [0.1, 0.15) is 18.0 Å². The number of hydrogen-bond acceptors (Lipinski definition) is 7. The molecule has 30 heavy (non-hydrogen) atoms. The van der Waals surface area contributed by atoms with Gasteiger partial charge < -0.3 is 21.4 Å². The summed E-state index contributed by atoms with van der Waals surface area (Å²) in [6, 6.07) is 12.1. The van der Waals surface area contributed by atoms with Crippen molar-refractivity contribution in [3.63, 3.8) is 0 Å². The third kappa shape index (κ3) is 5.99. The number of nitrogens with zero attached hydrogens (tertiary/aromatic N) is 5. The average molecular weight is 405 g/mol. The quantitative estimate of drug-likeness (QED) is 0.404. The van der Waals surface area contributed by atoms with E-state index in [4.69, 9.17) is 11.5 Å². The van der Waals surface area contributed by atoms with Crippen molar-refractivity contribution in [1.82, 2.24) is 24.5 Å². The number of anilines is 2. The molecule has 1 atom stereocenters. The van der Waals surface area contributed by atoms with Crippen molar-refractivity contribution >= 4 is 22.5 Å². The fourth-order valence-corrected chi connectivity index (χ4v) is 2.98. The van der Waals surface area contributed by atoms with Crippen LogP contribution in [-0.2, 0) is 6.54 Å². The summed E-state index contributed by atoms with van der Waals surface area (Å²) in [7, 11) is 0. The molecule has 3 aromatic heterocycles. The number of imidazole rings is 1. The SMILES string of the molecule is CC(Nc1ncnc2cnc(N)cc12)c1ccccc1.NCCCCn1ccnc1. The maximum atomic E-state index is 5.74. The van der Waals surface area contributed by atoms with Crippen LogP contribution in [0.25, 0.3) is 10.9 Å². The molecule has 0 aliphatic rings. The summed E-state index contributed by atoms with van der Waals surface area (Å²) in [5.41, 5.74) is 13.1. The molecule has 3 heterocycles. The van der Waals surface area contributed by atoms with E-state index in [0.717, 1.165) is 42.7 Å². The fraction of sp³-hybridized carbons (Fsp3) is 0.273. The van der Waals surface area contributed by atoms with Gasteiger partial charge in [-0.3, -0.25) is 0 Å². The minimum atomic E-state index is 0.142. The Hall–Kier alpha value is -3.52. The maximum Gasteiger partial charge on any atom is 0.137 e. The van der Waals surface area contributed by atoms with E-state index < -0.39 is 0 Å². The number of hydrogen-bond donors (Lipinski definition) is 3. The normalized spacial score (nSPS) is 11.5. The van der Waals surface area contributed by atoms with E-state index in [2.05, 4.69) is 48.9 Å². The Balaban J connectivity index is 0.000000216. The van der Waals surface area contributed by atoms with Crippen molar-refractivity contribution in [3.8, 4) is 0 Å². The number of aryl methyl sites for hydroxylation is 1. The molecule has 8 heteroatoms. The van der Waals surface area contributed by atoms with Gasteiger partial charge in [0.2, 0.25) is 0 Å². The second-order valence-corrected chi connectivity index (χ2v) is 6.92. The number of rotatable bonds is 7. The highest BCUT2D eigenvalue weighted by molar-refractivity contribution is 5.89. The van der Waals surface area contributed by atoms with Crippen LogP contribution in [0.2, 0.25) is 0 Å². The summed E-state index contributed by atoms with van der Waals surface area (Å²) in [5.74, 6) is 1.23. The maximum absolute atomic E-state index is 5.74. The number of benzene rings is 1. The smallest absolute Gasteiger partial charge is 0.137 e. The number of fused-ring (bicyclic) bond motifs is 1. The molecule has 1 aromatic carbocycles. The summed E-state index contributed by atoms with van der Waals surface area (Å²) in [4.78, 5) is 16.5. The predicted molar refractivity (Wildman–Crippen MR) is 121 cm³/mol. The molecular weight excluding hydrogens is 376 g/mol. The summed E-state index contributed by atoms with van der Waals surface area (Å²) in [6.45, 7) is 3.92. The molecule has 0 aliphatic heterocycles. The van der Waals surface area contributed by atoms with Crippen LogP contribution in [0.3, 0.4) is 0 Å². The number of nitrogen functional groups attached to an aromatic ring is 1. The van der Waals surface area contributed by atoms with Crippen LogP contribution in [0.5, 0.6) is 0 Å². The highest BCUT2D eigenvalue weighted by Gasteiger charge is 2.09. The lowest BCUT2D eigenvalue weighted by Crippen LogP contribution is -2.08. The van der Waals surface area contributed by atoms with Crippen LogP contribution < -0.4 is 16.8 Å². The zero-order chi connectivity index (χ0) is 21.2. The van der Waals surface area contributed by atoms with Crippen molar-refractivity contribution in [1.29, 1.82) is 0 Å². The van der Waals surface area contributed by atoms with Gasteiger partial charge in [0.15, 0.2) is 0 Å². The topological polar surface area (TPSA) is 121 Å². The fourth-order valence-electron chi connectivity index (χ4n) is 2.98. The first kappa shape index (κ1) is 21.2. The first-order valence-corrected chi connectivity index (χ1v) is 10.0. The van der Waals surface area contributed by atoms with E-state index in [9.17, 15) is 0 Å². The van der Waals surface area contributed by atoms with Crippen LogP contribution in [0.4, 0.5) is 11.6 Å². The number of pyridine rings is 1. The first-order chi connectivity index (χ1) is 14.7. The molecular formula is C22H28N8. The van der Waals surface area contributed by atoms with E-state index in [-0.39, 0.29) is 6.04 Å². The molecule has 5 N–H and O–H groups in total. The minimum absolute atomic E-state index is 0.142. The first-order valence-electron chi connectivity index (χ1n) is 10.0. The van der Waals surface area contributed by atoms with Crippen molar-refractivity contribution in [2.75, 3.05) is 17.6 Å². The number of unbranched alkanes of at least 4 members (excludes halogenated alkanes) is 1. The van der Waals surface area contributed by atoms with E-state index in [0.29, 0.717) is 5.82 Å². The highest BCUT2D eigenvalue weighted by atomic mass is 15.0. The molecule has 8 nitrogen and oxygen atoms in total. The van der Waals surface area contributed by atoms with Crippen LogP contribution in [0.15, 0.2) is 67.6 Å². The van der Waals surface area contributed by atoms with E-state index in [1.54, 1.807) is 18.5 Å². The number of aromatic nitrogens is 5. The standard InChI is InChI=1S/C15H15N5.C7H13N3/c1-10(11-5-3-2-4-6-11)20-15-12-7-14(16)17-8-13(12)18-9-19-15;8-3-1-2-5-10-6-4-9-7-10/h2-10H,1H3,(H2,16,17)(H,18,19,20);4,6-7H,1-3,5,8H2. The van der Waals surface area contributed by atoms with Crippen LogP contribution >= 0.6 is 0 Å². The van der Waals surface area contributed by atoms with Gasteiger partial charge in [0.05, 0.1) is 18.0 Å². The molecule has 4 aromatic rings. The molecule has 0 spiro atoms. The van der Waals surface area contributed by atoms with Crippen LogP contribution in [-0.4, -0.2) is 31.0 Å². The lowest BCUT2D eigenvalue weighted by atomic mass is 10.1. The van der Waals surface area contributed by atoms with Gasteiger partial charge in [0, 0.05) is 30.4 Å². The summed E-state index contributed by atoms with van der Waals surface area (Å²) in [6.07, 6.45) is 11.0. The zero-order valence-electron chi connectivity index (χ0n) is 17.1. The molecule has 0 radical (unpaired) electrons. The Bertz CT molecular complexity index is 1020. The van der Waals surface area contributed by atoms with Crippen molar-refractivity contribution in [3.05, 3.63) is 73.2 Å². The molecule has 0 bridgehead atoms. The Morgan fingerprint density at radius 3 is 2.67 bits per heavy atom. The van der Waals surface area contributed by atoms with Crippen molar-refractivity contribution in [2.45, 2.75) is 32.4 Å². The van der Waals surface area contributed by atoms with Gasteiger partial charge in [-0.2, -0.15) is 0 Å². The largest absolute Gasteiger partial charge is 0.384 e. The molecule has 4 rings (SSSR count). The van der Waals surface area contributed by atoms with Gasteiger partial charge in [-0.05, 0) is 37.9 Å². The highest BCUT2D eigenvalue weighted by Crippen LogP contribution is 2.24. The van der Waals surface area contributed by atoms with Gasteiger partial charge in [-0.1, -0.05) is 30.3 Å². The summed E-state index contributed by atoms with van der Waals surface area (Å²) in [5, 5.41) is 4.27. The van der Waals surface area contributed by atoms with Gasteiger partial charge in [0.25, 0.3) is 0 Å². The third-order valence-corrected chi connectivity index (χ3v) is 4.63. The second-order valence-electron chi connectivity index (χ2n) is 6.92. The Morgan fingerprint density at radius 1 is 1.10 bits per heavy atom. The summed E-state index contributed by atoms with van der Waals surface area (Å²) >= 11 is 0. The van der Waals surface area contributed by atoms with Crippen LogP contribution in [0, 0.1) is 0 Å². The molecule has 0 aliphatic carbocycles. The molecule has 0 amide bonds. The van der Waals surface area contributed by atoms with Crippen molar-refractivity contribution < 1.29 is 0 Å². The van der Waals surface area contributed by atoms with Crippen LogP contribution in [0.1, 0.15) is 31.4 Å². The second kappa shape index (κ2) is 10.9. The average Bonchev–Trinajstić information content (AvgIpc) is 3.29. The van der Waals surface area contributed by atoms with E-state index in [1.807, 2.05) is 30.7 Å². The van der Waals surface area contributed by atoms with Gasteiger partial charge in [-0.15, -0.1) is 0 Å². The minimum Gasteiger partial charge on any atom is -0.384 e. The monoisotopic (exact) mass is 404 g/mol. The Kier molecular flexibility index (Phi) is 7.68. The molecule has 0 saturated carbocycles. The molecule has 156 valence electrons. The predicted octanol–water partition coefficient (Wildman–Crippen LogP) is 3.40. The van der Waals surface area contributed by atoms with E-state index in [1.165, 1.54) is 11.9 Å². The molecule has 0 saturated heterocycles. The lowest BCUT2D eigenvalue weighted by molar-refractivity contribution is 0.614. The Labute approximate surface area is 176 Å². The number of nitrogens with two attached hydrogens (primary N) is 2. The lowest BCUT2D eigenvalue weighted by Gasteiger charge is -2.16. The zero-order valence-corrected chi connectivity index (χ0v) is 17.1.